The third-order valence-electron chi connectivity index (χ3n) is 4.16. The van der Waals surface area contributed by atoms with E-state index in [9.17, 15) is 0 Å². The lowest BCUT2D eigenvalue weighted by Gasteiger charge is -2.24. The molecule has 0 aromatic heterocycles. The van der Waals surface area contributed by atoms with Crippen LogP contribution in [0.3, 0.4) is 0 Å². The van der Waals surface area contributed by atoms with E-state index in [1.165, 1.54) is 22.1 Å². The molecule has 0 saturated heterocycles. The first-order valence-electron chi connectivity index (χ1n) is 7.68. The lowest BCUT2D eigenvalue weighted by atomic mass is 10.1. The second-order valence-electron chi connectivity index (χ2n) is 5.80. The van der Waals surface area contributed by atoms with Crippen molar-refractivity contribution in [2.24, 2.45) is 0 Å². The van der Waals surface area contributed by atoms with E-state index in [-0.39, 0.29) is 0 Å². The average molecular weight is 306 g/mol. The fourth-order valence-electron chi connectivity index (χ4n) is 2.91. The third kappa shape index (κ3) is 2.82. The van der Waals surface area contributed by atoms with E-state index in [2.05, 4.69) is 79.5 Å². The van der Waals surface area contributed by atoms with Gasteiger partial charge in [0.25, 0.3) is 0 Å². The Labute approximate surface area is 137 Å². The first kappa shape index (κ1) is 15.2. The van der Waals surface area contributed by atoms with E-state index in [1.54, 1.807) is 7.11 Å². The minimum Gasteiger partial charge on any atom is -0.497 e. The fraction of sp³-hybridized carbons (Fsp3) is 0.200. The topological polar surface area (TPSA) is 15.7 Å². The van der Waals surface area contributed by atoms with Crippen molar-refractivity contribution in [3.8, 4) is 5.75 Å². The highest BCUT2D eigenvalue weighted by molar-refractivity contribution is 6.03. The van der Waals surface area contributed by atoms with Crippen molar-refractivity contribution < 1.29 is 4.74 Å². The van der Waals surface area contributed by atoms with E-state index < -0.39 is 0 Å². The van der Waals surface area contributed by atoms with Gasteiger partial charge in [-0.25, -0.2) is 0 Å². The molecule has 0 bridgehead atoms. The molecular formula is C20H22N2O. The number of fused-ring (bicyclic) bond motifs is 1. The van der Waals surface area contributed by atoms with E-state index in [4.69, 9.17) is 4.74 Å². The smallest absolute Gasteiger partial charge is 0.120 e. The molecule has 0 N–H and O–H groups in total. The minimum atomic E-state index is 0.864. The van der Waals surface area contributed by atoms with Gasteiger partial charge in [0.1, 0.15) is 5.75 Å². The number of nitrogens with zero attached hydrogens (tertiary/aromatic N) is 2. The quantitative estimate of drug-likeness (QED) is 0.696. The molecule has 0 unspecified atom stereocenters. The third-order valence-corrected chi connectivity index (χ3v) is 4.16. The fourth-order valence-corrected chi connectivity index (χ4v) is 2.91. The summed E-state index contributed by atoms with van der Waals surface area (Å²) in [6.07, 6.45) is 0. The molecular weight excluding hydrogens is 284 g/mol. The number of rotatable bonds is 4. The van der Waals surface area contributed by atoms with Crippen LogP contribution >= 0.6 is 0 Å². The maximum Gasteiger partial charge on any atom is 0.120 e. The highest BCUT2D eigenvalue weighted by Gasteiger charge is 2.12. The zero-order valence-electron chi connectivity index (χ0n) is 14.1. The maximum atomic E-state index is 5.35. The van der Waals surface area contributed by atoms with Gasteiger partial charge >= 0.3 is 0 Å². The Morgan fingerprint density at radius 3 is 2.04 bits per heavy atom. The van der Waals surface area contributed by atoms with Crippen LogP contribution in [0, 0.1) is 0 Å². The molecule has 0 radical (unpaired) electrons. The van der Waals surface area contributed by atoms with Crippen LogP contribution in [-0.2, 0) is 0 Å². The van der Waals surface area contributed by atoms with Gasteiger partial charge in [-0.05, 0) is 24.3 Å². The average Bonchev–Trinajstić information content (AvgIpc) is 2.60. The molecule has 3 nitrogen and oxygen atoms in total. The highest BCUT2D eigenvalue weighted by Crippen LogP contribution is 2.36. The normalized spacial score (nSPS) is 10.6. The van der Waals surface area contributed by atoms with Crippen molar-refractivity contribution in [1.29, 1.82) is 0 Å². The van der Waals surface area contributed by atoms with Crippen molar-refractivity contribution in [2.75, 3.05) is 38.1 Å². The van der Waals surface area contributed by atoms with Crippen LogP contribution < -0.4 is 14.5 Å². The Bertz CT molecular complexity index is 827. The standard InChI is InChI=1S/C20H22N2O/c1-21(2)19-12-13-20(18-11-6-5-10-17(18)19)22(3)15-8-7-9-16(14-15)23-4/h5-14H,1-4H3. The van der Waals surface area contributed by atoms with Crippen molar-refractivity contribution in [2.45, 2.75) is 0 Å². The zero-order valence-corrected chi connectivity index (χ0v) is 14.1. The van der Waals surface area contributed by atoms with Gasteiger partial charge in [-0.15, -0.1) is 0 Å². The molecule has 0 amide bonds. The van der Waals surface area contributed by atoms with E-state index in [1.807, 2.05) is 12.1 Å². The van der Waals surface area contributed by atoms with Crippen LogP contribution in [0.5, 0.6) is 5.75 Å². The van der Waals surface area contributed by atoms with Gasteiger partial charge in [0.05, 0.1) is 7.11 Å². The van der Waals surface area contributed by atoms with Crippen LogP contribution in [0.25, 0.3) is 10.8 Å². The van der Waals surface area contributed by atoms with Gasteiger partial charge in [0.15, 0.2) is 0 Å². The number of ether oxygens (including phenoxy) is 1. The molecule has 0 aliphatic carbocycles. The van der Waals surface area contributed by atoms with Crippen molar-refractivity contribution in [3.05, 3.63) is 60.7 Å². The van der Waals surface area contributed by atoms with Gasteiger partial charge in [0, 0.05) is 55.0 Å². The zero-order chi connectivity index (χ0) is 16.4. The Balaban J connectivity index is 2.14. The van der Waals surface area contributed by atoms with E-state index in [0.717, 1.165) is 11.4 Å². The SMILES string of the molecule is COc1cccc(N(C)c2ccc(N(C)C)c3ccccc23)c1. The van der Waals surface area contributed by atoms with Crippen molar-refractivity contribution in [3.63, 3.8) is 0 Å². The second kappa shape index (κ2) is 6.21. The summed E-state index contributed by atoms with van der Waals surface area (Å²) in [6.45, 7) is 0. The largest absolute Gasteiger partial charge is 0.497 e. The molecule has 3 rings (SSSR count). The molecule has 0 saturated carbocycles. The number of hydrogen-bond acceptors (Lipinski definition) is 3. The molecule has 0 aliphatic heterocycles. The minimum absolute atomic E-state index is 0.864. The van der Waals surface area contributed by atoms with Gasteiger partial charge in [-0.3, -0.25) is 0 Å². The Kier molecular flexibility index (Phi) is 4.11. The van der Waals surface area contributed by atoms with Crippen molar-refractivity contribution in [1.82, 2.24) is 0 Å². The molecule has 0 fully saturated rings. The summed E-state index contributed by atoms with van der Waals surface area (Å²) in [5, 5.41) is 2.49. The molecule has 0 aliphatic rings. The van der Waals surface area contributed by atoms with Crippen molar-refractivity contribution >= 4 is 27.8 Å². The summed E-state index contributed by atoms with van der Waals surface area (Å²) >= 11 is 0. The van der Waals surface area contributed by atoms with Crippen LogP contribution in [0.4, 0.5) is 17.1 Å². The summed E-state index contributed by atoms with van der Waals surface area (Å²) in [6, 6.07) is 21.0. The van der Waals surface area contributed by atoms with Crippen LogP contribution in [0.15, 0.2) is 60.7 Å². The predicted molar refractivity (Wildman–Crippen MR) is 99.3 cm³/mol. The highest BCUT2D eigenvalue weighted by atomic mass is 16.5. The number of methoxy groups -OCH3 is 1. The molecule has 3 aromatic carbocycles. The molecule has 118 valence electrons. The summed E-state index contributed by atoms with van der Waals surface area (Å²) in [7, 11) is 7.94. The lowest BCUT2D eigenvalue weighted by Crippen LogP contribution is -2.12. The predicted octanol–water partition coefficient (Wildman–Crippen LogP) is 4.68. The number of hydrogen-bond donors (Lipinski definition) is 0. The molecule has 3 aromatic rings. The van der Waals surface area contributed by atoms with Crippen LogP contribution in [0.2, 0.25) is 0 Å². The lowest BCUT2D eigenvalue weighted by molar-refractivity contribution is 0.415. The molecule has 23 heavy (non-hydrogen) atoms. The Hall–Kier alpha value is -2.68. The van der Waals surface area contributed by atoms with E-state index in [0.29, 0.717) is 0 Å². The first-order valence-corrected chi connectivity index (χ1v) is 7.68. The second-order valence-corrected chi connectivity index (χ2v) is 5.80. The van der Waals surface area contributed by atoms with Crippen LogP contribution in [-0.4, -0.2) is 28.3 Å². The molecule has 0 spiro atoms. The number of anilines is 3. The van der Waals surface area contributed by atoms with Crippen LogP contribution in [0.1, 0.15) is 0 Å². The molecule has 0 heterocycles. The first-order chi connectivity index (χ1) is 11.1. The monoisotopic (exact) mass is 306 g/mol. The molecule has 3 heteroatoms. The Morgan fingerprint density at radius 2 is 1.39 bits per heavy atom. The summed E-state index contributed by atoms with van der Waals surface area (Å²) in [5.41, 5.74) is 3.51. The van der Waals surface area contributed by atoms with Gasteiger partial charge in [0.2, 0.25) is 0 Å². The summed E-state index contributed by atoms with van der Waals surface area (Å²) < 4.78 is 5.35. The van der Waals surface area contributed by atoms with Gasteiger partial charge in [-0.2, -0.15) is 0 Å². The van der Waals surface area contributed by atoms with E-state index >= 15 is 0 Å². The van der Waals surface area contributed by atoms with Gasteiger partial charge < -0.3 is 14.5 Å². The van der Waals surface area contributed by atoms with Gasteiger partial charge in [-0.1, -0.05) is 30.3 Å². The summed E-state index contributed by atoms with van der Waals surface area (Å²) in [4.78, 5) is 4.35. The Morgan fingerprint density at radius 1 is 0.739 bits per heavy atom. The summed E-state index contributed by atoms with van der Waals surface area (Å²) in [5.74, 6) is 0.864. The molecule has 0 atom stereocenters. The maximum absolute atomic E-state index is 5.35. The number of benzene rings is 3.